The van der Waals surface area contributed by atoms with Crippen LogP contribution in [0.15, 0.2) is 58.5 Å². The van der Waals surface area contributed by atoms with Gasteiger partial charge in [0.25, 0.3) is 0 Å². The summed E-state index contributed by atoms with van der Waals surface area (Å²) in [5.74, 6) is 0. The number of allylic oxidation sites excluding steroid dienone is 4. The molecule has 1 aliphatic heterocycles. The third-order valence-electron chi connectivity index (χ3n) is 3.11. The van der Waals surface area contributed by atoms with Gasteiger partial charge in [-0.3, -0.25) is 0 Å². The average molecular weight is 226 g/mol. The summed E-state index contributed by atoms with van der Waals surface area (Å²) >= 11 is 1.98. The van der Waals surface area contributed by atoms with Gasteiger partial charge >= 0.3 is 0 Å². The molecule has 1 aliphatic carbocycles. The van der Waals surface area contributed by atoms with E-state index in [4.69, 9.17) is 0 Å². The fraction of sp³-hybridized carbons (Fsp3) is 0.200. The predicted molar refractivity (Wildman–Crippen MR) is 72.3 cm³/mol. The van der Waals surface area contributed by atoms with Crippen molar-refractivity contribution in [3.8, 4) is 0 Å². The van der Waals surface area contributed by atoms with Gasteiger partial charge in [0.15, 0.2) is 0 Å². The fourth-order valence-corrected chi connectivity index (χ4v) is 3.77. The van der Waals surface area contributed by atoms with Gasteiger partial charge in [0.2, 0.25) is 0 Å². The van der Waals surface area contributed by atoms with Crippen LogP contribution in [0.3, 0.4) is 0 Å². The maximum Gasteiger partial charge on any atom is 0.0533 e. The van der Waals surface area contributed by atoms with Gasteiger partial charge in [-0.1, -0.05) is 48.1 Å². The lowest BCUT2D eigenvalue weighted by Crippen LogP contribution is -1.94. The Morgan fingerprint density at radius 1 is 1.06 bits per heavy atom. The molecule has 0 saturated heterocycles. The lowest BCUT2D eigenvalue weighted by Gasteiger charge is -2.06. The van der Waals surface area contributed by atoms with Crippen molar-refractivity contribution >= 4 is 17.3 Å². The van der Waals surface area contributed by atoms with Crippen LogP contribution >= 0.6 is 11.8 Å². The second kappa shape index (κ2) is 3.67. The van der Waals surface area contributed by atoms with Crippen LogP contribution in [-0.4, -0.2) is 5.25 Å². The smallest absolute Gasteiger partial charge is 0.0533 e. The second-order valence-electron chi connectivity index (χ2n) is 4.35. The highest BCUT2D eigenvalue weighted by atomic mass is 32.2. The standard InChI is InChI=1S/C15H14S/c1-10-8-13-14(9-10)16-11(2)15(13)12-6-4-3-5-7-12/h3-9,14H,1-2H3. The van der Waals surface area contributed by atoms with E-state index in [-0.39, 0.29) is 0 Å². The molecule has 0 saturated carbocycles. The summed E-state index contributed by atoms with van der Waals surface area (Å²) in [4.78, 5) is 1.45. The zero-order chi connectivity index (χ0) is 11.1. The first-order valence-corrected chi connectivity index (χ1v) is 6.47. The van der Waals surface area contributed by atoms with Crippen LogP contribution < -0.4 is 0 Å². The molecular formula is C15H14S. The average Bonchev–Trinajstić information content (AvgIpc) is 2.74. The number of rotatable bonds is 1. The lowest BCUT2D eigenvalue weighted by atomic mass is 9.97. The van der Waals surface area contributed by atoms with Gasteiger partial charge in [-0.2, -0.15) is 0 Å². The van der Waals surface area contributed by atoms with E-state index in [9.17, 15) is 0 Å². The number of hydrogen-bond acceptors (Lipinski definition) is 1. The van der Waals surface area contributed by atoms with Gasteiger partial charge < -0.3 is 0 Å². The summed E-state index contributed by atoms with van der Waals surface area (Å²) in [5, 5.41) is 0.565. The molecule has 0 spiro atoms. The molecule has 1 unspecified atom stereocenters. The van der Waals surface area contributed by atoms with Gasteiger partial charge in [0.1, 0.15) is 0 Å². The van der Waals surface area contributed by atoms with E-state index in [1.165, 1.54) is 27.2 Å². The minimum atomic E-state index is 0.565. The molecule has 3 rings (SSSR count). The molecule has 0 aromatic heterocycles. The Morgan fingerprint density at radius 2 is 1.81 bits per heavy atom. The summed E-state index contributed by atoms with van der Waals surface area (Å²) < 4.78 is 0. The number of benzene rings is 1. The van der Waals surface area contributed by atoms with E-state index in [1.807, 2.05) is 11.8 Å². The Labute approximate surface area is 101 Å². The fourth-order valence-electron chi connectivity index (χ4n) is 2.44. The molecule has 1 heterocycles. The van der Waals surface area contributed by atoms with Crippen molar-refractivity contribution in [2.24, 2.45) is 0 Å². The number of thioether (sulfide) groups is 1. The third kappa shape index (κ3) is 1.47. The zero-order valence-corrected chi connectivity index (χ0v) is 10.3. The minimum Gasteiger partial charge on any atom is -0.118 e. The van der Waals surface area contributed by atoms with E-state index >= 15 is 0 Å². The highest BCUT2D eigenvalue weighted by Crippen LogP contribution is 2.49. The zero-order valence-electron chi connectivity index (χ0n) is 9.53. The summed E-state index contributed by atoms with van der Waals surface area (Å²) in [6.07, 6.45) is 4.69. The van der Waals surface area contributed by atoms with Gasteiger partial charge in [-0.15, -0.1) is 11.8 Å². The molecule has 80 valence electrons. The molecule has 2 aliphatic rings. The van der Waals surface area contributed by atoms with Crippen LogP contribution in [0.4, 0.5) is 0 Å². The Balaban J connectivity index is 2.09. The van der Waals surface area contributed by atoms with E-state index in [0.29, 0.717) is 5.25 Å². The molecule has 0 N–H and O–H groups in total. The molecule has 1 aromatic carbocycles. The van der Waals surface area contributed by atoms with Gasteiger partial charge in [0.05, 0.1) is 5.25 Å². The second-order valence-corrected chi connectivity index (χ2v) is 5.70. The van der Waals surface area contributed by atoms with E-state index in [1.54, 1.807) is 0 Å². The van der Waals surface area contributed by atoms with Gasteiger partial charge in [0, 0.05) is 0 Å². The van der Waals surface area contributed by atoms with Crippen LogP contribution in [0.1, 0.15) is 19.4 Å². The van der Waals surface area contributed by atoms with Crippen LogP contribution in [0, 0.1) is 0 Å². The van der Waals surface area contributed by atoms with Crippen molar-refractivity contribution in [2.75, 3.05) is 0 Å². The Hall–Kier alpha value is -1.21. The highest BCUT2D eigenvalue weighted by Gasteiger charge is 2.30. The molecular weight excluding hydrogens is 212 g/mol. The summed E-state index contributed by atoms with van der Waals surface area (Å²) in [6, 6.07) is 10.7. The highest BCUT2D eigenvalue weighted by molar-refractivity contribution is 8.04. The van der Waals surface area contributed by atoms with Crippen LogP contribution in [0.25, 0.3) is 5.57 Å². The van der Waals surface area contributed by atoms with E-state index < -0.39 is 0 Å². The Kier molecular flexibility index (Phi) is 2.29. The van der Waals surface area contributed by atoms with Crippen molar-refractivity contribution < 1.29 is 0 Å². The maximum atomic E-state index is 2.36. The van der Waals surface area contributed by atoms with Gasteiger partial charge in [-0.25, -0.2) is 0 Å². The topological polar surface area (TPSA) is 0 Å². The van der Waals surface area contributed by atoms with Gasteiger partial charge in [-0.05, 0) is 35.5 Å². The molecule has 0 fully saturated rings. The Morgan fingerprint density at radius 3 is 2.56 bits per heavy atom. The van der Waals surface area contributed by atoms with Crippen LogP contribution in [-0.2, 0) is 0 Å². The lowest BCUT2D eigenvalue weighted by molar-refractivity contribution is 1.38. The quantitative estimate of drug-likeness (QED) is 0.683. The van der Waals surface area contributed by atoms with Crippen molar-refractivity contribution in [3.05, 3.63) is 64.1 Å². The molecule has 1 aromatic rings. The molecule has 0 nitrogen and oxygen atoms in total. The number of fused-ring (bicyclic) bond motifs is 1. The molecule has 0 radical (unpaired) electrons. The van der Waals surface area contributed by atoms with E-state index in [2.05, 4.69) is 56.3 Å². The van der Waals surface area contributed by atoms with Crippen LogP contribution in [0.2, 0.25) is 0 Å². The first-order chi connectivity index (χ1) is 7.75. The van der Waals surface area contributed by atoms with Crippen molar-refractivity contribution in [2.45, 2.75) is 19.1 Å². The molecule has 1 atom stereocenters. The van der Waals surface area contributed by atoms with Crippen molar-refractivity contribution in [1.29, 1.82) is 0 Å². The Bertz CT molecular complexity index is 518. The normalized spacial score (nSPS) is 23.2. The molecule has 1 heteroatoms. The molecule has 16 heavy (non-hydrogen) atoms. The number of hydrogen-bond donors (Lipinski definition) is 0. The van der Waals surface area contributed by atoms with Crippen LogP contribution in [0.5, 0.6) is 0 Å². The summed E-state index contributed by atoms with van der Waals surface area (Å²) in [6.45, 7) is 4.42. The van der Waals surface area contributed by atoms with Crippen molar-refractivity contribution in [3.63, 3.8) is 0 Å². The third-order valence-corrected chi connectivity index (χ3v) is 4.31. The maximum absolute atomic E-state index is 2.36. The largest absolute Gasteiger partial charge is 0.118 e. The van der Waals surface area contributed by atoms with E-state index in [0.717, 1.165) is 0 Å². The first kappa shape index (κ1) is 9.98. The predicted octanol–water partition coefficient (Wildman–Crippen LogP) is 4.42. The summed E-state index contributed by atoms with van der Waals surface area (Å²) in [5.41, 5.74) is 5.69. The monoisotopic (exact) mass is 226 g/mol. The molecule has 0 bridgehead atoms. The minimum absolute atomic E-state index is 0.565. The van der Waals surface area contributed by atoms with Crippen molar-refractivity contribution in [1.82, 2.24) is 0 Å². The SMILES string of the molecule is CC1=CC2SC(C)=C(c3ccccc3)C2=C1. The molecule has 0 amide bonds. The summed E-state index contributed by atoms with van der Waals surface area (Å²) in [7, 11) is 0. The first-order valence-electron chi connectivity index (χ1n) is 5.59.